The second-order valence-corrected chi connectivity index (χ2v) is 7.39. The number of carbonyl (C=O) groups is 1. The number of carbonyl (C=O) groups excluding carboxylic acids is 1. The average molecular weight is 395 g/mol. The number of rotatable bonds is 3. The van der Waals surface area contributed by atoms with E-state index in [9.17, 15) is 9.59 Å². The second-order valence-electron chi connectivity index (χ2n) is 7.39. The number of hydrogen-bond acceptors (Lipinski definition) is 4. The SMILES string of the molecule is CCn1c(=O)c2ccccc2n2c(CN3C(=O)c4cccc5cccc3c45)nnc12. The molecule has 0 bridgehead atoms. The Morgan fingerprint density at radius 3 is 2.53 bits per heavy atom. The number of amides is 1. The number of hydrogen-bond donors (Lipinski definition) is 0. The number of aryl methyl sites for hydroxylation is 1. The maximum absolute atomic E-state index is 13.2. The highest BCUT2D eigenvalue weighted by molar-refractivity contribution is 6.24. The zero-order valence-corrected chi connectivity index (χ0v) is 16.2. The first-order valence-electron chi connectivity index (χ1n) is 9.88. The summed E-state index contributed by atoms with van der Waals surface area (Å²) in [5.41, 5.74) is 2.23. The van der Waals surface area contributed by atoms with Crippen LogP contribution in [0, 0.1) is 0 Å². The Balaban J connectivity index is 1.58. The first-order valence-corrected chi connectivity index (χ1v) is 9.88. The van der Waals surface area contributed by atoms with E-state index >= 15 is 0 Å². The van der Waals surface area contributed by atoms with Crippen LogP contribution in [-0.4, -0.2) is 25.1 Å². The van der Waals surface area contributed by atoms with Gasteiger partial charge in [-0.25, -0.2) is 0 Å². The molecule has 7 heteroatoms. The van der Waals surface area contributed by atoms with E-state index in [4.69, 9.17) is 0 Å². The fourth-order valence-electron chi connectivity index (χ4n) is 4.48. The Kier molecular flexibility index (Phi) is 3.38. The Labute approximate surface area is 170 Å². The number of benzene rings is 3. The van der Waals surface area contributed by atoms with Gasteiger partial charge in [-0.15, -0.1) is 10.2 Å². The Bertz CT molecular complexity index is 1560. The van der Waals surface area contributed by atoms with Gasteiger partial charge in [0.05, 0.1) is 23.1 Å². The van der Waals surface area contributed by atoms with E-state index < -0.39 is 0 Å². The second kappa shape index (κ2) is 6.00. The Morgan fingerprint density at radius 1 is 0.900 bits per heavy atom. The molecule has 146 valence electrons. The minimum atomic E-state index is -0.0889. The molecule has 0 N–H and O–H groups in total. The van der Waals surface area contributed by atoms with Gasteiger partial charge in [-0.2, -0.15) is 0 Å². The van der Waals surface area contributed by atoms with Gasteiger partial charge in [0.2, 0.25) is 5.78 Å². The molecule has 1 amide bonds. The lowest BCUT2D eigenvalue weighted by molar-refractivity contribution is 0.0991. The third kappa shape index (κ3) is 2.09. The number of aromatic nitrogens is 4. The fourth-order valence-corrected chi connectivity index (χ4v) is 4.48. The van der Waals surface area contributed by atoms with Gasteiger partial charge in [0.25, 0.3) is 11.5 Å². The molecule has 3 heterocycles. The van der Waals surface area contributed by atoms with Crippen molar-refractivity contribution < 1.29 is 4.79 Å². The van der Waals surface area contributed by atoms with Crippen LogP contribution in [0.2, 0.25) is 0 Å². The minimum Gasteiger partial charge on any atom is -0.300 e. The van der Waals surface area contributed by atoms with Crippen molar-refractivity contribution in [1.82, 2.24) is 19.2 Å². The van der Waals surface area contributed by atoms with Gasteiger partial charge >= 0.3 is 0 Å². The highest BCUT2D eigenvalue weighted by Gasteiger charge is 2.31. The van der Waals surface area contributed by atoms with Gasteiger partial charge < -0.3 is 4.90 Å². The van der Waals surface area contributed by atoms with Gasteiger partial charge in [0.15, 0.2) is 5.82 Å². The summed E-state index contributed by atoms with van der Waals surface area (Å²) in [7, 11) is 0. The summed E-state index contributed by atoms with van der Waals surface area (Å²) in [6.45, 7) is 2.66. The zero-order chi connectivity index (χ0) is 20.4. The van der Waals surface area contributed by atoms with Gasteiger partial charge in [-0.05, 0) is 36.6 Å². The van der Waals surface area contributed by atoms with Crippen molar-refractivity contribution in [3.05, 3.63) is 82.4 Å². The van der Waals surface area contributed by atoms with Crippen LogP contribution in [-0.2, 0) is 13.1 Å². The van der Waals surface area contributed by atoms with Crippen LogP contribution < -0.4 is 10.5 Å². The molecule has 5 aromatic rings. The predicted octanol–water partition coefficient (Wildman–Crippen LogP) is 3.38. The maximum Gasteiger partial charge on any atom is 0.262 e. The monoisotopic (exact) mass is 395 g/mol. The normalized spacial score (nSPS) is 13.2. The number of fused-ring (bicyclic) bond motifs is 3. The highest BCUT2D eigenvalue weighted by atomic mass is 16.2. The summed E-state index contributed by atoms with van der Waals surface area (Å²) in [6, 6.07) is 19.1. The van der Waals surface area contributed by atoms with Gasteiger partial charge in [-0.3, -0.25) is 18.6 Å². The molecule has 1 aliphatic heterocycles. The molecule has 0 saturated carbocycles. The molecule has 0 fully saturated rings. The molecular formula is C23H17N5O2. The zero-order valence-electron chi connectivity index (χ0n) is 16.2. The predicted molar refractivity (Wildman–Crippen MR) is 115 cm³/mol. The van der Waals surface area contributed by atoms with Crippen molar-refractivity contribution in [3.63, 3.8) is 0 Å². The molecule has 7 nitrogen and oxygen atoms in total. The Morgan fingerprint density at radius 2 is 1.70 bits per heavy atom. The van der Waals surface area contributed by atoms with Gasteiger partial charge in [0, 0.05) is 17.5 Å². The van der Waals surface area contributed by atoms with Crippen LogP contribution in [0.1, 0.15) is 23.1 Å². The number of anilines is 1. The standard InChI is InChI=1S/C23H17N5O2/c1-2-26-21(29)15-9-3-4-11-17(15)28-19(24-25-23(26)28)13-27-18-12-6-8-14-7-5-10-16(20(14)18)22(27)30/h3-12H,2,13H2,1H3. The summed E-state index contributed by atoms with van der Waals surface area (Å²) in [6.07, 6.45) is 0. The van der Waals surface area contributed by atoms with E-state index in [1.165, 1.54) is 0 Å². The molecule has 0 aliphatic carbocycles. The molecule has 6 rings (SSSR count). The van der Waals surface area contributed by atoms with Crippen molar-refractivity contribution in [2.75, 3.05) is 4.90 Å². The van der Waals surface area contributed by atoms with Crippen molar-refractivity contribution in [1.29, 1.82) is 0 Å². The van der Waals surface area contributed by atoms with Crippen molar-refractivity contribution in [3.8, 4) is 0 Å². The fraction of sp³-hybridized carbons (Fsp3) is 0.130. The van der Waals surface area contributed by atoms with Crippen LogP contribution in [0.15, 0.2) is 65.5 Å². The van der Waals surface area contributed by atoms with Crippen LogP contribution in [0.4, 0.5) is 5.69 Å². The maximum atomic E-state index is 13.2. The van der Waals surface area contributed by atoms with Crippen LogP contribution in [0.25, 0.3) is 27.5 Å². The Hall–Kier alpha value is -4.00. The quantitative estimate of drug-likeness (QED) is 0.470. The largest absolute Gasteiger partial charge is 0.300 e. The minimum absolute atomic E-state index is 0.0494. The first-order chi connectivity index (χ1) is 14.7. The molecule has 30 heavy (non-hydrogen) atoms. The molecule has 1 aliphatic rings. The lowest BCUT2D eigenvalue weighted by atomic mass is 10.1. The highest BCUT2D eigenvalue weighted by Crippen LogP contribution is 2.37. The summed E-state index contributed by atoms with van der Waals surface area (Å²) in [5.74, 6) is 1.05. The molecular weight excluding hydrogens is 378 g/mol. The summed E-state index contributed by atoms with van der Waals surface area (Å²) in [4.78, 5) is 27.8. The molecule has 0 saturated heterocycles. The first kappa shape index (κ1) is 16.9. The van der Waals surface area contributed by atoms with Gasteiger partial charge in [-0.1, -0.05) is 36.4 Å². The van der Waals surface area contributed by atoms with Crippen molar-refractivity contribution in [2.24, 2.45) is 0 Å². The summed E-state index contributed by atoms with van der Waals surface area (Å²) >= 11 is 0. The third-order valence-corrected chi connectivity index (χ3v) is 5.84. The lowest BCUT2D eigenvalue weighted by Crippen LogP contribution is -2.28. The topological polar surface area (TPSA) is 72.5 Å². The van der Waals surface area contributed by atoms with Crippen molar-refractivity contribution >= 4 is 39.0 Å². The van der Waals surface area contributed by atoms with Crippen LogP contribution in [0.5, 0.6) is 0 Å². The molecule has 0 radical (unpaired) electrons. The van der Waals surface area contributed by atoms with Gasteiger partial charge in [0.1, 0.15) is 0 Å². The average Bonchev–Trinajstić information content (AvgIpc) is 3.31. The third-order valence-electron chi connectivity index (χ3n) is 5.84. The van der Waals surface area contributed by atoms with E-state index in [-0.39, 0.29) is 18.0 Å². The van der Waals surface area contributed by atoms with Crippen molar-refractivity contribution in [2.45, 2.75) is 20.0 Å². The summed E-state index contributed by atoms with van der Waals surface area (Å²) < 4.78 is 3.50. The lowest BCUT2D eigenvalue weighted by Gasteiger charge is -2.17. The van der Waals surface area contributed by atoms with E-state index in [1.54, 1.807) is 9.47 Å². The smallest absolute Gasteiger partial charge is 0.262 e. The molecule has 2 aromatic heterocycles. The van der Waals surface area contributed by atoms with E-state index in [0.717, 1.165) is 22.0 Å². The molecule has 3 aromatic carbocycles. The van der Waals surface area contributed by atoms with E-state index in [0.29, 0.717) is 29.1 Å². The number of para-hydroxylation sites is 1. The number of nitrogens with zero attached hydrogens (tertiary/aromatic N) is 5. The van der Waals surface area contributed by atoms with E-state index in [2.05, 4.69) is 10.2 Å². The van der Waals surface area contributed by atoms with Crippen LogP contribution >= 0.6 is 0 Å². The summed E-state index contributed by atoms with van der Waals surface area (Å²) in [5, 5.41) is 11.3. The van der Waals surface area contributed by atoms with Crippen LogP contribution in [0.3, 0.4) is 0 Å². The molecule has 0 atom stereocenters. The molecule has 0 unspecified atom stereocenters. The van der Waals surface area contributed by atoms with E-state index in [1.807, 2.05) is 72.0 Å². The molecule has 0 spiro atoms.